The van der Waals surface area contributed by atoms with Crippen molar-refractivity contribution in [2.45, 2.75) is 0 Å². The van der Waals surface area contributed by atoms with E-state index in [4.69, 9.17) is 4.42 Å². The summed E-state index contributed by atoms with van der Waals surface area (Å²) in [4.78, 5) is 16.2. The largest absolute Gasteiger partial charge is 0.472 e. The van der Waals surface area contributed by atoms with Crippen molar-refractivity contribution in [3.63, 3.8) is 0 Å². The molecule has 1 aromatic heterocycles. The van der Waals surface area contributed by atoms with E-state index in [9.17, 15) is 4.79 Å². The van der Waals surface area contributed by atoms with Gasteiger partial charge < -0.3 is 15.1 Å². The summed E-state index contributed by atoms with van der Waals surface area (Å²) in [6, 6.07) is 9.21. The molecule has 5 heteroatoms. The summed E-state index contributed by atoms with van der Waals surface area (Å²) in [6.45, 7) is 1.70. The van der Waals surface area contributed by atoms with Crippen molar-refractivity contribution >= 4 is 17.4 Å². The Bertz CT molecular complexity index is 600. The van der Waals surface area contributed by atoms with Gasteiger partial charge in [-0.2, -0.15) is 0 Å². The number of nitrogens with zero attached hydrogens (tertiary/aromatic N) is 1. The topological polar surface area (TPSA) is 66.6 Å². The van der Waals surface area contributed by atoms with Crippen LogP contribution in [0.5, 0.6) is 0 Å². The van der Waals surface area contributed by atoms with Crippen LogP contribution in [0.1, 0.15) is 15.9 Å². The molecule has 3 rings (SSSR count). The smallest absolute Gasteiger partial charge is 0.258 e. The van der Waals surface area contributed by atoms with Crippen LogP contribution in [-0.2, 0) is 0 Å². The molecule has 2 N–H and O–H groups in total. The molecule has 0 aliphatic carbocycles. The number of amidine groups is 1. The summed E-state index contributed by atoms with van der Waals surface area (Å²) in [7, 11) is 0. The lowest BCUT2D eigenvalue weighted by Crippen LogP contribution is -2.19. The third-order valence-corrected chi connectivity index (χ3v) is 2.87. The van der Waals surface area contributed by atoms with Gasteiger partial charge in [-0.3, -0.25) is 9.79 Å². The van der Waals surface area contributed by atoms with E-state index in [2.05, 4.69) is 15.6 Å². The molecule has 0 unspecified atom stereocenters. The first-order valence-electron chi connectivity index (χ1n) is 6.05. The van der Waals surface area contributed by atoms with Gasteiger partial charge in [-0.15, -0.1) is 0 Å². The molecule has 1 amide bonds. The molecule has 1 aromatic carbocycles. The lowest BCUT2D eigenvalue weighted by molar-refractivity contribution is 0.102. The second-order valence-electron chi connectivity index (χ2n) is 4.20. The predicted octanol–water partition coefficient (Wildman–Crippen LogP) is 1.88. The van der Waals surface area contributed by atoms with Crippen LogP contribution in [0.25, 0.3) is 0 Å². The van der Waals surface area contributed by atoms with Gasteiger partial charge in [-0.25, -0.2) is 0 Å². The van der Waals surface area contributed by atoms with E-state index in [0.29, 0.717) is 5.56 Å². The monoisotopic (exact) mass is 255 g/mol. The Labute approximate surface area is 110 Å². The Balaban J connectivity index is 1.71. The van der Waals surface area contributed by atoms with Crippen molar-refractivity contribution in [3.05, 3.63) is 54.0 Å². The van der Waals surface area contributed by atoms with Crippen LogP contribution in [0.3, 0.4) is 0 Å². The number of anilines is 1. The number of rotatable bonds is 3. The van der Waals surface area contributed by atoms with E-state index >= 15 is 0 Å². The fourth-order valence-corrected chi connectivity index (χ4v) is 1.90. The van der Waals surface area contributed by atoms with Gasteiger partial charge in [0.25, 0.3) is 5.91 Å². The number of hydrogen-bond acceptors (Lipinski definition) is 4. The van der Waals surface area contributed by atoms with Crippen LogP contribution in [-0.4, -0.2) is 24.8 Å². The van der Waals surface area contributed by atoms with Gasteiger partial charge in [-0.1, -0.05) is 0 Å². The number of carbonyl (C=O) groups excluding carboxylic acids is 1. The highest BCUT2D eigenvalue weighted by molar-refractivity contribution is 6.04. The molecular formula is C14H13N3O2. The highest BCUT2D eigenvalue weighted by Crippen LogP contribution is 2.12. The molecule has 19 heavy (non-hydrogen) atoms. The fourth-order valence-electron chi connectivity index (χ4n) is 1.90. The summed E-state index contributed by atoms with van der Waals surface area (Å²) in [6.07, 6.45) is 2.89. The van der Waals surface area contributed by atoms with E-state index in [0.717, 1.165) is 30.2 Å². The van der Waals surface area contributed by atoms with Crippen molar-refractivity contribution in [2.75, 3.05) is 18.4 Å². The molecular weight excluding hydrogens is 242 g/mol. The van der Waals surface area contributed by atoms with E-state index in [1.54, 1.807) is 6.07 Å². The standard InChI is InChI=1S/C14H13N3O2/c18-14(11-5-8-19-9-11)17-12-3-1-10(2-4-12)13-15-6-7-16-13/h1-5,8-9H,6-7H2,(H,15,16)(H,17,18). The Morgan fingerprint density at radius 1 is 1.26 bits per heavy atom. The zero-order valence-corrected chi connectivity index (χ0v) is 10.2. The molecule has 2 aromatic rings. The van der Waals surface area contributed by atoms with Crippen LogP contribution in [0.2, 0.25) is 0 Å². The quantitative estimate of drug-likeness (QED) is 0.880. The molecule has 1 aliphatic heterocycles. The predicted molar refractivity (Wildman–Crippen MR) is 72.5 cm³/mol. The number of hydrogen-bond donors (Lipinski definition) is 2. The van der Waals surface area contributed by atoms with E-state index in [1.165, 1.54) is 12.5 Å². The third kappa shape index (κ3) is 2.49. The first kappa shape index (κ1) is 11.5. The maximum absolute atomic E-state index is 11.8. The van der Waals surface area contributed by atoms with Crippen molar-refractivity contribution in [1.29, 1.82) is 0 Å². The van der Waals surface area contributed by atoms with Crippen molar-refractivity contribution in [1.82, 2.24) is 5.32 Å². The molecule has 0 radical (unpaired) electrons. The number of amides is 1. The molecule has 0 spiro atoms. The first-order valence-corrected chi connectivity index (χ1v) is 6.05. The average molecular weight is 255 g/mol. The number of aliphatic imine (C=N–C) groups is 1. The second kappa shape index (κ2) is 4.97. The summed E-state index contributed by atoms with van der Waals surface area (Å²) in [5.41, 5.74) is 2.28. The third-order valence-electron chi connectivity index (χ3n) is 2.87. The minimum absolute atomic E-state index is 0.183. The van der Waals surface area contributed by atoms with Crippen LogP contribution < -0.4 is 10.6 Å². The lowest BCUT2D eigenvalue weighted by Gasteiger charge is -2.06. The number of carbonyl (C=O) groups is 1. The van der Waals surface area contributed by atoms with Crippen molar-refractivity contribution in [3.8, 4) is 0 Å². The maximum Gasteiger partial charge on any atom is 0.258 e. The molecule has 2 heterocycles. The van der Waals surface area contributed by atoms with Crippen LogP contribution in [0.4, 0.5) is 5.69 Å². The van der Waals surface area contributed by atoms with Crippen LogP contribution >= 0.6 is 0 Å². The molecule has 5 nitrogen and oxygen atoms in total. The summed E-state index contributed by atoms with van der Waals surface area (Å²) in [5, 5.41) is 6.01. The summed E-state index contributed by atoms with van der Waals surface area (Å²) in [5.74, 6) is 0.727. The Morgan fingerprint density at radius 2 is 2.11 bits per heavy atom. The molecule has 0 atom stereocenters. The highest BCUT2D eigenvalue weighted by Gasteiger charge is 2.09. The maximum atomic E-state index is 11.8. The summed E-state index contributed by atoms with van der Waals surface area (Å²) >= 11 is 0. The average Bonchev–Trinajstić information content (AvgIpc) is 3.13. The molecule has 0 fully saturated rings. The Hall–Kier alpha value is -2.56. The van der Waals surface area contributed by atoms with Gasteiger partial charge in [0, 0.05) is 17.8 Å². The normalized spacial score (nSPS) is 13.8. The van der Waals surface area contributed by atoms with Gasteiger partial charge in [0.1, 0.15) is 12.1 Å². The number of nitrogens with one attached hydrogen (secondary N) is 2. The summed E-state index contributed by atoms with van der Waals surface area (Å²) < 4.78 is 4.88. The van der Waals surface area contributed by atoms with Crippen molar-refractivity contribution in [2.24, 2.45) is 4.99 Å². The van der Waals surface area contributed by atoms with Gasteiger partial charge in [0.2, 0.25) is 0 Å². The molecule has 1 aliphatic rings. The van der Waals surface area contributed by atoms with Crippen molar-refractivity contribution < 1.29 is 9.21 Å². The zero-order chi connectivity index (χ0) is 13.1. The first-order chi connectivity index (χ1) is 9.33. The Morgan fingerprint density at radius 3 is 2.74 bits per heavy atom. The molecule has 0 bridgehead atoms. The van der Waals surface area contributed by atoms with Crippen LogP contribution in [0.15, 0.2) is 52.3 Å². The fraction of sp³-hybridized carbons (Fsp3) is 0.143. The second-order valence-corrected chi connectivity index (χ2v) is 4.20. The Kier molecular flexibility index (Phi) is 3.02. The van der Waals surface area contributed by atoms with Gasteiger partial charge in [0.05, 0.1) is 18.4 Å². The van der Waals surface area contributed by atoms with Crippen LogP contribution in [0, 0.1) is 0 Å². The zero-order valence-electron chi connectivity index (χ0n) is 10.2. The molecule has 96 valence electrons. The minimum Gasteiger partial charge on any atom is -0.472 e. The highest BCUT2D eigenvalue weighted by atomic mass is 16.3. The van der Waals surface area contributed by atoms with Gasteiger partial charge in [-0.05, 0) is 30.3 Å². The number of benzene rings is 1. The van der Waals surface area contributed by atoms with E-state index in [-0.39, 0.29) is 5.91 Å². The molecule has 0 saturated carbocycles. The lowest BCUT2D eigenvalue weighted by atomic mass is 10.2. The van der Waals surface area contributed by atoms with Gasteiger partial charge >= 0.3 is 0 Å². The van der Waals surface area contributed by atoms with E-state index in [1.807, 2.05) is 24.3 Å². The SMILES string of the molecule is O=C(Nc1ccc(C2=NCCN2)cc1)c1ccoc1. The number of furan rings is 1. The minimum atomic E-state index is -0.183. The van der Waals surface area contributed by atoms with E-state index < -0.39 is 0 Å². The molecule has 0 saturated heterocycles. The van der Waals surface area contributed by atoms with Gasteiger partial charge in [0.15, 0.2) is 0 Å².